The monoisotopic (exact) mass is 178 g/mol. The van der Waals surface area contributed by atoms with E-state index in [9.17, 15) is 4.79 Å². The van der Waals surface area contributed by atoms with Gasteiger partial charge in [0.15, 0.2) is 0 Å². The van der Waals surface area contributed by atoms with Gasteiger partial charge in [0, 0.05) is 12.7 Å². The van der Waals surface area contributed by atoms with Gasteiger partial charge in [0.2, 0.25) is 0 Å². The van der Waals surface area contributed by atoms with Crippen molar-refractivity contribution < 1.29 is 4.79 Å². The quantitative estimate of drug-likeness (QED) is 0.760. The Morgan fingerprint density at radius 3 is 2.92 bits per heavy atom. The molecule has 3 nitrogen and oxygen atoms in total. The standard InChI is InChI=1S/C10H14N2O/c1-3-5-8-6-4-7-9(12-8)10(13)11-2/h4,6-7H,3,5H2,1-2H3,(H,11,13). The van der Waals surface area contributed by atoms with Crippen molar-refractivity contribution >= 4 is 5.91 Å². The van der Waals surface area contributed by atoms with Crippen molar-refractivity contribution in [3.63, 3.8) is 0 Å². The second-order valence-corrected chi connectivity index (χ2v) is 2.84. The van der Waals surface area contributed by atoms with Crippen molar-refractivity contribution in [1.82, 2.24) is 10.3 Å². The molecule has 0 unspecified atom stereocenters. The topological polar surface area (TPSA) is 42.0 Å². The van der Waals surface area contributed by atoms with Gasteiger partial charge < -0.3 is 5.32 Å². The lowest BCUT2D eigenvalue weighted by atomic mass is 10.2. The van der Waals surface area contributed by atoms with Crippen molar-refractivity contribution in [2.24, 2.45) is 0 Å². The Labute approximate surface area is 78.2 Å². The van der Waals surface area contributed by atoms with Crippen LogP contribution in [-0.4, -0.2) is 17.9 Å². The fourth-order valence-corrected chi connectivity index (χ4v) is 1.13. The Hall–Kier alpha value is -1.38. The average Bonchev–Trinajstić information content (AvgIpc) is 2.18. The maximum atomic E-state index is 11.2. The molecule has 0 saturated heterocycles. The molecule has 13 heavy (non-hydrogen) atoms. The van der Waals surface area contributed by atoms with E-state index in [1.54, 1.807) is 13.1 Å². The van der Waals surface area contributed by atoms with E-state index in [1.165, 1.54) is 0 Å². The van der Waals surface area contributed by atoms with E-state index in [-0.39, 0.29) is 5.91 Å². The lowest BCUT2D eigenvalue weighted by Crippen LogP contribution is -2.19. The molecule has 0 aliphatic carbocycles. The highest BCUT2D eigenvalue weighted by atomic mass is 16.1. The van der Waals surface area contributed by atoms with Crippen LogP contribution >= 0.6 is 0 Å². The van der Waals surface area contributed by atoms with Crippen molar-refractivity contribution in [2.45, 2.75) is 19.8 Å². The molecule has 0 bridgehead atoms. The highest BCUT2D eigenvalue weighted by Crippen LogP contribution is 2.01. The van der Waals surface area contributed by atoms with Gasteiger partial charge in [-0.3, -0.25) is 4.79 Å². The van der Waals surface area contributed by atoms with Crippen molar-refractivity contribution in [1.29, 1.82) is 0 Å². The van der Waals surface area contributed by atoms with Gasteiger partial charge in [0.05, 0.1) is 0 Å². The van der Waals surface area contributed by atoms with Crippen molar-refractivity contribution in [3.8, 4) is 0 Å². The number of nitrogens with one attached hydrogen (secondary N) is 1. The molecule has 70 valence electrons. The zero-order valence-electron chi connectivity index (χ0n) is 8.00. The Morgan fingerprint density at radius 2 is 2.31 bits per heavy atom. The Kier molecular flexibility index (Phi) is 3.43. The van der Waals surface area contributed by atoms with Crippen LogP contribution in [0.2, 0.25) is 0 Å². The first-order valence-electron chi connectivity index (χ1n) is 4.46. The maximum absolute atomic E-state index is 11.2. The summed E-state index contributed by atoms with van der Waals surface area (Å²) in [5.41, 5.74) is 1.47. The molecule has 0 radical (unpaired) electrons. The van der Waals surface area contributed by atoms with Gasteiger partial charge >= 0.3 is 0 Å². The fourth-order valence-electron chi connectivity index (χ4n) is 1.13. The number of rotatable bonds is 3. The van der Waals surface area contributed by atoms with E-state index >= 15 is 0 Å². The minimum atomic E-state index is -0.127. The number of carbonyl (C=O) groups is 1. The van der Waals surface area contributed by atoms with Gasteiger partial charge in [-0.2, -0.15) is 0 Å². The van der Waals surface area contributed by atoms with Crippen molar-refractivity contribution in [3.05, 3.63) is 29.6 Å². The number of hydrogen-bond donors (Lipinski definition) is 1. The lowest BCUT2D eigenvalue weighted by molar-refractivity contribution is 0.0958. The van der Waals surface area contributed by atoms with Crippen LogP contribution in [0.4, 0.5) is 0 Å². The Balaban J connectivity index is 2.85. The number of aryl methyl sites for hydroxylation is 1. The SMILES string of the molecule is CCCc1cccc(C(=O)NC)n1. The van der Waals surface area contributed by atoms with Crippen LogP contribution < -0.4 is 5.32 Å². The zero-order valence-corrected chi connectivity index (χ0v) is 8.00. The summed E-state index contributed by atoms with van der Waals surface area (Å²) in [6.45, 7) is 2.09. The van der Waals surface area contributed by atoms with Crippen LogP contribution in [0.1, 0.15) is 29.5 Å². The van der Waals surface area contributed by atoms with Crippen LogP contribution in [0.25, 0.3) is 0 Å². The molecule has 0 aliphatic rings. The first-order valence-corrected chi connectivity index (χ1v) is 4.46. The first kappa shape index (κ1) is 9.71. The van der Waals surface area contributed by atoms with Gasteiger partial charge in [0.25, 0.3) is 5.91 Å². The maximum Gasteiger partial charge on any atom is 0.269 e. The van der Waals surface area contributed by atoms with E-state index in [0.717, 1.165) is 18.5 Å². The van der Waals surface area contributed by atoms with Crippen LogP contribution in [-0.2, 0) is 6.42 Å². The van der Waals surface area contributed by atoms with E-state index in [2.05, 4.69) is 17.2 Å². The number of aromatic nitrogens is 1. The van der Waals surface area contributed by atoms with E-state index in [4.69, 9.17) is 0 Å². The van der Waals surface area contributed by atoms with Gasteiger partial charge in [-0.25, -0.2) is 4.98 Å². The summed E-state index contributed by atoms with van der Waals surface area (Å²) in [6, 6.07) is 5.52. The number of amides is 1. The molecule has 0 spiro atoms. The summed E-state index contributed by atoms with van der Waals surface area (Å²) in [5.74, 6) is -0.127. The van der Waals surface area contributed by atoms with Crippen LogP contribution in [0.3, 0.4) is 0 Å². The first-order chi connectivity index (χ1) is 6.27. The minimum absolute atomic E-state index is 0.127. The summed E-state index contributed by atoms with van der Waals surface area (Å²) in [7, 11) is 1.61. The highest BCUT2D eigenvalue weighted by molar-refractivity contribution is 5.91. The summed E-state index contributed by atoms with van der Waals surface area (Å²) >= 11 is 0. The van der Waals surface area contributed by atoms with Gasteiger partial charge in [-0.1, -0.05) is 19.4 Å². The largest absolute Gasteiger partial charge is 0.354 e. The summed E-state index contributed by atoms with van der Waals surface area (Å²) in [4.78, 5) is 15.4. The molecule has 1 N–H and O–H groups in total. The highest BCUT2D eigenvalue weighted by Gasteiger charge is 2.04. The Bertz CT molecular complexity index is 297. The zero-order chi connectivity index (χ0) is 9.68. The van der Waals surface area contributed by atoms with E-state index in [0.29, 0.717) is 5.69 Å². The predicted molar refractivity (Wildman–Crippen MR) is 51.6 cm³/mol. The smallest absolute Gasteiger partial charge is 0.269 e. The van der Waals surface area contributed by atoms with E-state index in [1.807, 2.05) is 12.1 Å². The second-order valence-electron chi connectivity index (χ2n) is 2.84. The minimum Gasteiger partial charge on any atom is -0.354 e. The molecule has 1 rings (SSSR count). The molecule has 0 aromatic carbocycles. The predicted octanol–water partition coefficient (Wildman–Crippen LogP) is 1.39. The number of nitrogens with zero attached hydrogens (tertiary/aromatic N) is 1. The molecule has 1 aromatic rings. The van der Waals surface area contributed by atoms with Crippen LogP contribution in [0.15, 0.2) is 18.2 Å². The second kappa shape index (κ2) is 4.60. The number of pyridine rings is 1. The van der Waals surface area contributed by atoms with Crippen LogP contribution in [0.5, 0.6) is 0 Å². The third-order valence-electron chi connectivity index (χ3n) is 1.77. The normalized spacial score (nSPS) is 9.69. The van der Waals surface area contributed by atoms with Gasteiger partial charge in [-0.05, 0) is 18.6 Å². The summed E-state index contributed by atoms with van der Waals surface area (Å²) in [6.07, 6.45) is 1.97. The van der Waals surface area contributed by atoms with Crippen molar-refractivity contribution in [2.75, 3.05) is 7.05 Å². The summed E-state index contributed by atoms with van der Waals surface area (Å²) < 4.78 is 0. The Morgan fingerprint density at radius 1 is 1.54 bits per heavy atom. The molecule has 0 atom stereocenters. The third-order valence-corrected chi connectivity index (χ3v) is 1.77. The van der Waals surface area contributed by atoms with Gasteiger partial charge in [0.1, 0.15) is 5.69 Å². The molecular weight excluding hydrogens is 164 g/mol. The van der Waals surface area contributed by atoms with Gasteiger partial charge in [-0.15, -0.1) is 0 Å². The molecular formula is C10H14N2O. The third kappa shape index (κ3) is 2.54. The number of carbonyl (C=O) groups excluding carboxylic acids is 1. The molecule has 0 fully saturated rings. The summed E-state index contributed by atoms with van der Waals surface area (Å²) in [5, 5.41) is 2.55. The average molecular weight is 178 g/mol. The molecule has 1 aromatic heterocycles. The molecule has 1 heterocycles. The molecule has 1 amide bonds. The molecule has 0 aliphatic heterocycles. The lowest BCUT2D eigenvalue weighted by Gasteiger charge is -2.01. The molecule has 0 saturated carbocycles. The fraction of sp³-hybridized carbons (Fsp3) is 0.400. The van der Waals surface area contributed by atoms with E-state index < -0.39 is 0 Å². The van der Waals surface area contributed by atoms with Crippen LogP contribution in [0, 0.1) is 0 Å². The molecule has 3 heteroatoms. The number of hydrogen-bond acceptors (Lipinski definition) is 2.